The number of nitrogens with one attached hydrogen (secondary N) is 1. The standard InChI is InChI=1S/C20H29N5OS/c1-13-21-18(17-14-6-5-7-15(14)27-19(17)22-13)25-10-8-24(9-11-25)12-16(26)23-20(2,3)4/h5-12H2,1-4H3,(H,23,26). The smallest absolute Gasteiger partial charge is 0.234 e. The van der Waals surface area contributed by atoms with Gasteiger partial charge in [0.2, 0.25) is 5.91 Å². The molecule has 0 bridgehead atoms. The van der Waals surface area contributed by atoms with Gasteiger partial charge in [0, 0.05) is 36.6 Å². The second-order valence-corrected chi connectivity index (χ2v) is 9.78. The first-order chi connectivity index (χ1) is 12.8. The van der Waals surface area contributed by atoms with Crippen molar-refractivity contribution in [2.24, 2.45) is 0 Å². The van der Waals surface area contributed by atoms with Crippen molar-refractivity contribution in [1.29, 1.82) is 0 Å². The molecule has 1 fully saturated rings. The second kappa shape index (κ2) is 7.02. The van der Waals surface area contributed by atoms with Crippen molar-refractivity contribution in [3.05, 3.63) is 16.3 Å². The van der Waals surface area contributed by atoms with Crippen molar-refractivity contribution in [2.45, 2.75) is 52.5 Å². The molecule has 0 atom stereocenters. The van der Waals surface area contributed by atoms with Crippen molar-refractivity contribution in [3.63, 3.8) is 0 Å². The van der Waals surface area contributed by atoms with E-state index in [2.05, 4.69) is 15.1 Å². The number of carbonyl (C=O) groups is 1. The number of carbonyl (C=O) groups excluding carboxylic acids is 1. The fourth-order valence-electron chi connectivity index (χ4n) is 4.09. The Morgan fingerprint density at radius 1 is 1.15 bits per heavy atom. The number of hydrogen-bond donors (Lipinski definition) is 1. The molecule has 6 nitrogen and oxygen atoms in total. The molecule has 1 amide bonds. The highest BCUT2D eigenvalue weighted by atomic mass is 32.1. The van der Waals surface area contributed by atoms with Gasteiger partial charge in [0.05, 0.1) is 11.9 Å². The molecular weight excluding hydrogens is 358 g/mol. The zero-order valence-corrected chi connectivity index (χ0v) is 17.6. The van der Waals surface area contributed by atoms with E-state index in [1.54, 1.807) is 0 Å². The molecule has 7 heteroatoms. The van der Waals surface area contributed by atoms with E-state index in [0.29, 0.717) is 6.54 Å². The lowest BCUT2D eigenvalue weighted by Crippen LogP contribution is -2.52. The number of amides is 1. The zero-order chi connectivity index (χ0) is 19.2. The van der Waals surface area contributed by atoms with E-state index in [1.807, 2.05) is 39.0 Å². The van der Waals surface area contributed by atoms with Crippen LogP contribution in [0.25, 0.3) is 10.2 Å². The van der Waals surface area contributed by atoms with Gasteiger partial charge in [0.15, 0.2) is 0 Å². The maximum Gasteiger partial charge on any atom is 0.234 e. The number of fused-ring (bicyclic) bond motifs is 3. The number of aryl methyl sites for hydroxylation is 3. The Balaban J connectivity index is 1.48. The van der Waals surface area contributed by atoms with Gasteiger partial charge in [-0.15, -0.1) is 11.3 Å². The molecule has 1 aliphatic heterocycles. The van der Waals surface area contributed by atoms with Crippen LogP contribution in [-0.4, -0.2) is 59.0 Å². The predicted molar refractivity (Wildman–Crippen MR) is 111 cm³/mol. The third kappa shape index (κ3) is 3.94. The summed E-state index contributed by atoms with van der Waals surface area (Å²) in [7, 11) is 0. The largest absolute Gasteiger partial charge is 0.353 e. The van der Waals surface area contributed by atoms with Gasteiger partial charge >= 0.3 is 0 Å². The zero-order valence-electron chi connectivity index (χ0n) is 16.8. The highest BCUT2D eigenvalue weighted by Crippen LogP contribution is 2.40. The number of rotatable bonds is 3. The number of aromatic nitrogens is 2. The fourth-order valence-corrected chi connectivity index (χ4v) is 5.39. The fraction of sp³-hybridized carbons (Fsp3) is 0.650. The molecule has 0 spiro atoms. The van der Waals surface area contributed by atoms with Crippen molar-refractivity contribution in [3.8, 4) is 0 Å². The minimum absolute atomic E-state index is 0.104. The van der Waals surface area contributed by atoms with E-state index in [9.17, 15) is 4.79 Å². The highest BCUT2D eigenvalue weighted by Gasteiger charge is 2.27. The van der Waals surface area contributed by atoms with E-state index < -0.39 is 0 Å². The summed E-state index contributed by atoms with van der Waals surface area (Å²) in [5, 5.41) is 4.34. The van der Waals surface area contributed by atoms with E-state index >= 15 is 0 Å². The first-order valence-corrected chi connectivity index (χ1v) is 10.7. The molecule has 0 radical (unpaired) electrons. The normalized spacial score (nSPS) is 18.1. The number of nitrogens with zero attached hydrogens (tertiary/aromatic N) is 4. The molecule has 4 rings (SSSR count). The minimum atomic E-state index is -0.178. The van der Waals surface area contributed by atoms with Gasteiger partial charge in [-0.1, -0.05) is 0 Å². The molecule has 0 unspecified atom stereocenters. The van der Waals surface area contributed by atoms with Gasteiger partial charge in [-0.05, 0) is 52.5 Å². The summed E-state index contributed by atoms with van der Waals surface area (Å²) in [5.41, 5.74) is 1.31. The molecule has 1 N–H and O–H groups in total. The van der Waals surface area contributed by atoms with Crippen LogP contribution in [0.15, 0.2) is 0 Å². The molecule has 27 heavy (non-hydrogen) atoms. The Hall–Kier alpha value is -1.73. The third-order valence-corrected chi connectivity index (χ3v) is 6.40. The van der Waals surface area contributed by atoms with Crippen molar-refractivity contribution >= 4 is 33.3 Å². The lowest BCUT2D eigenvalue weighted by Gasteiger charge is -2.36. The molecule has 1 saturated heterocycles. The SMILES string of the molecule is Cc1nc(N2CCN(CC(=O)NC(C)(C)C)CC2)c2c3c(sc2n1)CCC3. The summed E-state index contributed by atoms with van der Waals surface area (Å²) in [6.45, 7) is 12.1. The van der Waals surface area contributed by atoms with Crippen LogP contribution in [0.1, 0.15) is 43.5 Å². The van der Waals surface area contributed by atoms with E-state index in [4.69, 9.17) is 9.97 Å². The van der Waals surface area contributed by atoms with Crippen molar-refractivity contribution < 1.29 is 4.79 Å². The van der Waals surface area contributed by atoms with E-state index in [-0.39, 0.29) is 11.4 Å². The summed E-state index contributed by atoms with van der Waals surface area (Å²) in [6, 6.07) is 0. The molecule has 2 aromatic rings. The summed E-state index contributed by atoms with van der Waals surface area (Å²) in [6.07, 6.45) is 3.59. The maximum atomic E-state index is 12.2. The summed E-state index contributed by atoms with van der Waals surface area (Å²) in [4.78, 5) is 29.0. The Bertz CT molecular complexity index is 861. The molecule has 2 aliphatic rings. The summed E-state index contributed by atoms with van der Waals surface area (Å²) >= 11 is 1.85. The van der Waals surface area contributed by atoms with Crippen LogP contribution < -0.4 is 10.2 Å². The van der Waals surface area contributed by atoms with Crippen LogP contribution in [0, 0.1) is 6.92 Å². The van der Waals surface area contributed by atoms with Gasteiger partial charge < -0.3 is 10.2 Å². The molecular formula is C20H29N5OS. The third-order valence-electron chi connectivity index (χ3n) is 5.21. The molecule has 1 aliphatic carbocycles. The molecule has 3 heterocycles. The minimum Gasteiger partial charge on any atom is -0.353 e. The highest BCUT2D eigenvalue weighted by molar-refractivity contribution is 7.19. The summed E-state index contributed by atoms with van der Waals surface area (Å²) in [5.74, 6) is 2.06. The van der Waals surface area contributed by atoms with Crippen molar-refractivity contribution in [2.75, 3.05) is 37.6 Å². The number of hydrogen-bond acceptors (Lipinski definition) is 6. The Kier molecular flexibility index (Phi) is 4.84. The topological polar surface area (TPSA) is 61.4 Å². The van der Waals surface area contributed by atoms with Gasteiger partial charge in [-0.25, -0.2) is 9.97 Å². The quantitative estimate of drug-likeness (QED) is 0.877. The van der Waals surface area contributed by atoms with Crippen LogP contribution in [-0.2, 0) is 17.6 Å². The van der Waals surface area contributed by atoms with Gasteiger partial charge in [0.1, 0.15) is 16.5 Å². The molecule has 146 valence electrons. The molecule has 2 aromatic heterocycles. The predicted octanol–water partition coefficient (Wildman–Crippen LogP) is 2.53. The second-order valence-electron chi connectivity index (χ2n) is 8.69. The molecule has 0 saturated carbocycles. The number of piperazine rings is 1. The Morgan fingerprint density at radius 2 is 1.89 bits per heavy atom. The van der Waals surface area contributed by atoms with Gasteiger partial charge in [-0.2, -0.15) is 0 Å². The van der Waals surface area contributed by atoms with Crippen LogP contribution in [0.5, 0.6) is 0 Å². The van der Waals surface area contributed by atoms with E-state index in [0.717, 1.165) is 49.1 Å². The Morgan fingerprint density at radius 3 is 2.59 bits per heavy atom. The monoisotopic (exact) mass is 387 g/mol. The lowest BCUT2D eigenvalue weighted by molar-refractivity contribution is -0.123. The number of thiophene rings is 1. The van der Waals surface area contributed by atoms with Gasteiger partial charge in [0.25, 0.3) is 0 Å². The molecule has 0 aromatic carbocycles. The Labute approximate surface area is 165 Å². The summed E-state index contributed by atoms with van der Waals surface area (Å²) < 4.78 is 0. The lowest BCUT2D eigenvalue weighted by atomic mass is 10.1. The average Bonchev–Trinajstić information content (AvgIpc) is 3.13. The van der Waals surface area contributed by atoms with Crippen LogP contribution in [0.2, 0.25) is 0 Å². The van der Waals surface area contributed by atoms with E-state index in [1.165, 1.54) is 28.7 Å². The average molecular weight is 388 g/mol. The van der Waals surface area contributed by atoms with Crippen LogP contribution in [0.4, 0.5) is 5.82 Å². The van der Waals surface area contributed by atoms with Crippen LogP contribution in [0.3, 0.4) is 0 Å². The number of anilines is 1. The van der Waals surface area contributed by atoms with Crippen LogP contribution >= 0.6 is 11.3 Å². The van der Waals surface area contributed by atoms with Gasteiger partial charge in [-0.3, -0.25) is 9.69 Å². The maximum absolute atomic E-state index is 12.2. The first kappa shape index (κ1) is 18.6. The first-order valence-electron chi connectivity index (χ1n) is 9.87. The van der Waals surface area contributed by atoms with Crippen molar-refractivity contribution in [1.82, 2.24) is 20.2 Å².